The van der Waals surface area contributed by atoms with Crippen molar-refractivity contribution in [3.8, 4) is 0 Å². The lowest BCUT2D eigenvalue weighted by molar-refractivity contribution is 0.446. The topological polar surface area (TPSA) is 29.0 Å². The summed E-state index contributed by atoms with van der Waals surface area (Å²) in [6, 6.07) is 6.59. The summed E-state index contributed by atoms with van der Waals surface area (Å²) < 4.78 is 12.9. The van der Waals surface area contributed by atoms with Gasteiger partial charge in [-0.15, -0.1) is 10.2 Å². The lowest BCUT2D eigenvalue weighted by Gasteiger charge is -2.30. The molecule has 0 bridgehead atoms. The monoisotopic (exact) mass is 291 g/mol. The van der Waals surface area contributed by atoms with Gasteiger partial charge in [0.2, 0.25) is 5.13 Å². The minimum atomic E-state index is -0.200. The van der Waals surface area contributed by atoms with Crippen LogP contribution in [-0.2, 0) is 6.42 Å². The number of benzene rings is 1. The Labute approximate surface area is 122 Å². The molecule has 0 aliphatic carbocycles. The largest absolute Gasteiger partial charge is 0.346 e. The van der Waals surface area contributed by atoms with E-state index in [0.717, 1.165) is 41.1 Å². The maximum Gasteiger partial charge on any atom is 0.208 e. The van der Waals surface area contributed by atoms with Gasteiger partial charge >= 0.3 is 0 Å². The van der Waals surface area contributed by atoms with E-state index in [2.05, 4.69) is 22.0 Å². The summed E-state index contributed by atoms with van der Waals surface area (Å²) in [7, 11) is 0. The quantitative estimate of drug-likeness (QED) is 0.866. The van der Waals surface area contributed by atoms with E-state index in [1.807, 2.05) is 0 Å². The second kappa shape index (κ2) is 5.87. The zero-order valence-corrected chi connectivity index (χ0v) is 12.4. The van der Waals surface area contributed by atoms with Crippen molar-refractivity contribution in [2.24, 2.45) is 5.92 Å². The van der Waals surface area contributed by atoms with Gasteiger partial charge in [0.05, 0.1) is 0 Å². The SMILES string of the molecule is CC1CCCN(c2nnc(Cc3ccc(F)cc3)s2)C1. The second-order valence-electron chi connectivity index (χ2n) is 5.48. The zero-order chi connectivity index (χ0) is 13.9. The Hall–Kier alpha value is -1.49. The number of hydrogen-bond donors (Lipinski definition) is 0. The standard InChI is InChI=1S/C15H18FN3S/c1-11-3-2-8-19(10-11)15-18-17-14(20-15)9-12-4-6-13(16)7-5-12/h4-7,11H,2-3,8-10H2,1H3. The molecule has 1 fully saturated rings. The smallest absolute Gasteiger partial charge is 0.208 e. The van der Waals surface area contributed by atoms with Gasteiger partial charge in [-0.3, -0.25) is 0 Å². The van der Waals surface area contributed by atoms with Crippen LogP contribution in [0, 0.1) is 11.7 Å². The fraction of sp³-hybridized carbons (Fsp3) is 0.467. The number of nitrogens with zero attached hydrogens (tertiary/aromatic N) is 3. The van der Waals surface area contributed by atoms with E-state index in [1.54, 1.807) is 23.5 Å². The molecule has 1 aromatic carbocycles. The van der Waals surface area contributed by atoms with E-state index in [-0.39, 0.29) is 5.82 Å². The Bertz CT molecular complexity index is 567. The van der Waals surface area contributed by atoms with Gasteiger partial charge in [-0.2, -0.15) is 0 Å². The van der Waals surface area contributed by atoms with E-state index in [4.69, 9.17) is 0 Å². The molecule has 0 amide bonds. The first-order chi connectivity index (χ1) is 9.70. The van der Waals surface area contributed by atoms with Crippen LogP contribution in [0.2, 0.25) is 0 Å². The van der Waals surface area contributed by atoms with Gasteiger partial charge in [-0.1, -0.05) is 30.4 Å². The van der Waals surface area contributed by atoms with Crippen molar-refractivity contribution < 1.29 is 4.39 Å². The van der Waals surface area contributed by atoms with Crippen molar-refractivity contribution in [3.05, 3.63) is 40.7 Å². The Morgan fingerprint density at radius 3 is 2.85 bits per heavy atom. The van der Waals surface area contributed by atoms with Crippen LogP contribution in [0.25, 0.3) is 0 Å². The highest BCUT2D eigenvalue weighted by atomic mass is 32.1. The molecule has 20 heavy (non-hydrogen) atoms. The summed E-state index contributed by atoms with van der Waals surface area (Å²) in [5.74, 6) is 0.530. The molecule has 1 saturated heterocycles. The Morgan fingerprint density at radius 2 is 2.10 bits per heavy atom. The Kier molecular flexibility index (Phi) is 3.96. The predicted molar refractivity (Wildman–Crippen MR) is 79.7 cm³/mol. The van der Waals surface area contributed by atoms with Crippen LogP contribution in [0.4, 0.5) is 9.52 Å². The molecule has 0 N–H and O–H groups in total. The van der Waals surface area contributed by atoms with E-state index < -0.39 is 0 Å². The molecule has 2 aromatic rings. The summed E-state index contributed by atoms with van der Waals surface area (Å²) in [5.41, 5.74) is 1.07. The Morgan fingerprint density at radius 1 is 1.30 bits per heavy atom. The molecule has 2 heterocycles. The molecule has 106 valence electrons. The minimum Gasteiger partial charge on any atom is -0.346 e. The molecular formula is C15H18FN3S. The summed E-state index contributed by atoms with van der Waals surface area (Å²) >= 11 is 1.65. The molecule has 1 aromatic heterocycles. The second-order valence-corrected chi connectivity index (χ2v) is 6.52. The van der Waals surface area contributed by atoms with E-state index in [0.29, 0.717) is 0 Å². The number of anilines is 1. The first-order valence-corrected chi connectivity index (χ1v) is 7.84. The Balaban J connectivity index is 1.68. The summed E-state index contributed by atoms with van der Waals surface area (Å²) in [4.78, 5) is 2.33. The van der Waals surface area contributed by atoms with Crippen molar-refractivity contribution in [1.29, 1.82) is 0 Å². The van der Waals surface area contributed by atoms with Crippen LogP contribution in [0.3, 0.4) is 0 Å². The molecule has 0 spiro atoms. The summed E-state index contributed by atoms with van der Waals surface area (Å²) in [5, 5.41) is 10.6. The fourth-order valence-electron chi connectivity index (χ4n) is 2.58. The van der Waals surface area contributed by atoms with Crippen LogP contribution in [0.15, 0.2) is 24.3 Å². The molecule has 1 unspecified atom stereocenters. The molecule has 3 nitrogen and oxygen atoms in total. The number of aromatic nitrogens is 2. The summed E-state index contributed by atoms with van der Waals surface area (Å²) in [6.45, 7) is 4.44. The maximum absolute atomic E-state index is 12.9. The van der Waals surface area contributed by atoms with E-state index >= 15 is 0 Å². The minimum absolute atomic E-state index is 0.200. The fourth-order valence-corrected chi connectivity index (χ4v) is 3.49. The van der Waals surface area contributed by atoms with Crippen LogP contribution in [0.1, 0.15) is 30.3 Å². The highest BCUT2D eigenvalue weighted by molar-refractivity contribution is 7.15. The normalized spacial score (nSPS) is 19.3. The van der Waals surface area contributed by atoms with Crippen molar-refractivity contribution in [2.45, 2.75) is 26.2 Å². The lowest BCUT2D eigenvalue weighted by Crippen LogP contribution is -2.34. The molecule has 1 aliphatic rings. The molecule has 3 rings (SSSR count). The van der Waals surface area contributed by atoms with Gasteiger partial charge in [-0.25, -0.2) is 4.39 Å². The number of rotatable bonds is 3. The number of hydrogen-bond acceptors (Lipinski definition) is 4. The number of piperidine rings is 1. The van der Waals surface area contributed by atoms with Crippen molar-refractivity contribution >= 4 is 16.5 Å². The van der Waals surface area contributed by atoms with E-state index in [9.17, 15) is 4.39 Å². The zero-order valence-electron chi connectivity index (χ0n) is 11.6. The third-order valence-corrected chi connectivity index (χ3v) is 4.64. The molecule has 5 heteroatoms. The van der Waals surface area contributed by atoms with Crippen LogP contribution in [0.5, 0.6) is 0 Å². The number of halogens is 1. The van der Waals surface area contributed by atoms with Gasteiger partial charge < -0.3 is 4.90 Å². The average Bonchev–Trinajstić information content (AvgIpc) is 2.90. The molecule has 1 atom stereocenters. The highest BCUT2D eigenvalue weighted by Crippen LogP contribution is 2.26. The molecule has 1 aliphatic heterocycles. The molecule has 0 saturated carbocycles. The van der Waals surface area contributed by atoms with Crippen LogP contribution >= 0.6 is 11.3 Å². The molecular weight excluding hydrogens is 273 g/mol. The lowest BCUT2D eigenvalue weighted by atomic mass is 10.0. The third-order valence-electron chi connectivity index (χ3n) is 3.65. The first kappa shape index (κ1) is 13.5. The average molecular weight is 291 g/mol. The van der Waals surface area contributed by atoms with Crippen molar-refractivity contribution in [2.75, 3.05) is 18.0 Å². The first-order valence-electron chi connectivity index (χ1n) is 7.02. The third kappa shape index (κ3) is 3.15. The van der Waals surface area contributed by atoms with Crippen LogP contribution in [-0.4, -0.2) is 23.3 Å². The van der Waals surface area contributed by atoms with Crippen molar-refractivity contribution in [1.82, 2.24) is 10.2 Å². The van der Waals surface area contributed by atoms with Gasteiger partial charge in [0, 0.05) is 19.5 Å². The van der Waals surface area contributed by atoms with E-state index in [1.165, 1.54) is 25.0 Å². The predicted octanol–water partition coefficient (Wildman–Crippen LogP) is 3.50. The van der Waals surface area contributed by atoms with Gasteiger partial charge in [0.1, 0.15) is 10.8 Å². The molecule has 0 radical (unpaired) electrons. The highest BCUT2D eigenvalue weighted by Gasteiger charge is 2.19. The van der Waals surface area contributed by atoms with Gasteiger partial charge in [0.25, 0.3) is 0 Å². The van der Waals surface area contributed by atoms with Gasteiger partial charge in [-0.05, 0) is 36.5 Å². The van der Waals surface area contributed by atoms with Crippen LogP contribution < -0.4 is 4.90 Å². The summed E-state index contributed by atoms with van der Waals surface area (Å²) in [6.07, 6.45) is 3.26. The van der Waals surface area contributed by atoms with Gasteiger partial charge in [0.15, 0.2) is 0 Å². The maximum atomic E-state index is 12.9. The van der Waals surface area contributed by atoms with Crippen molar-refractivity contribution in [3.63, 3.8) is 0 Å².